The molecule has 74 heavy (non-hydrogen) atoms. The summed E-state index contributed by atoms with van der Waals surface area (Å²) in [5.74, 6) is -0.604. The van der Waals surface area contributed by atoms with Crippen LogP contribution in [-0.4, -0.2) is 129 Å². The lowest BCUT2D eigenvalue weighted by molar-refractivity contribution is -0.137. The largest absolute Gasteiger partial charge is 0.488 e. The van der Waals surface area contributed by atoms with Crippen LogP contribution in [0.4, 0.5) is 46.4 Å². The molecule has 3 atom stereocenters. The molecule has 0 unspecified atom stereocenters. The van der Waals surface area contributed by atoms with E-state index in [0.717, 1.165) is 43.6 Å². The number of unbranched alkanes of at least 4 members (excludes halogenated alkanes) is 1. The summed E-state index contributed by atoms with van der Waals surface area (Å²) >= 11 is 1.95. The monoisotopic (exact) mass is 1060 g/mol. The van der Waals surface area contributed by atoms with Crippen LogP contribution in [-0.2, 0) is 49.1 Å². The average molecular weight is 1060 g/mol. The van der Waals surface area contributed by atoms with Crippen LogP contribution in [0.5, 0.6) is 5.75 Å². The lowest BCUT2D eigenvalue weighted by atomic mass is 9.94. The molecule has 3 aromatic rings. The van der Waals surface area contributed by atoms with Gasteiger partial charge in [0.15, 0.2) is 11.6 Å². The van der Waals surface area contributed by atoms with E-state index in [1.807, 2.05) is 11.8 Å². The van der Waals surface area contributed by atoms with E-state index in [1.165, 1.54) is 30.3 Å². The molecule has 0 bridgehead atoms. The second-order valence-electron chi connectivity index (χ2n) is 17.5. The Hall–Kier alpha value is -5.88. The van der Waals surface area contributed by atoms with Crippen LogP contribution >= 0.6 is 11.8 Å². The van der Waals surface area contributed by atoms with Crippen molar-refractivity contribution in [2.75, 3.05) is 94.3 Å². The fraction of sp³-hybridized carbons (Fsp3) is 0.549. The van der Waals surface area contributed by atoms with Crippen molar-refractivity contribution in [1.29, 1.82) is 0 Å². The second-order valence-corrected chi connectivity index (χ2v) is 18.8. The Balaban J connectivity index is 0.790. The third kappa shape index (κ3) is 22.3. The standard InChI is InChI=1S/C51H68F4N8O10S/c1-2-45(65)59-35-10-5-11-36(30-35)60-49-40(51(53,54)55)33-58-50(63-49)61-37-17-18-43(41(52)31-37)73-29-28-69-21-7-13-38(64)12-6-16-47(67)57-20-9-23-71-25-27-72-26-24-70-22-8-19-56-46(66)15-4-3-14-44-39-32-48(68)62-42(39)34-74-44/h2,5,10-11,17-18,30-31,33,39,42,44H,1,3-4,6-9,12-16,19-29,32,34H2,(H,56,66)(H,57,67)(H,59,65)(H,62,68)(H2,58,60,61,63)/t39-,42-,44-/m0/s1. The van der Waals surface area contributed by atoms with Crippen molar-refractivity contribution >= 4 is 70.0 Å². The molecule has 406 valence electrons. The number of nitrogens with one attached hydrogen (secondary N) is 6. The van der Waals surface area contributed by atoms with Crippen molar-refractivity contribution in [3.8, 4) is 5.75 Å². The summed E-state index contributed by atoms with van der Waals surface area (Å²) in [4.78, 5) is 67.6. The second kappa shape index (κ2) is 32.4. The number of nitrogens with zero attached hydrogens (tertiary/aromatic N) is 2. The molecule has 18 nitrogen and oxygen atoms in total. The molecule has 6 N–H and O–H groups in total. The highest BCUT2D eigenvalue weighted by atomic mass is 32.2. The molecule has 1 aromatic heterocycles. The number of thioether (sulfide) groups is 1. The quantitative estimate of drug-likeness (QED) is 0.0188. The molecule has 5 rings (SSSR count). The van der Waals surface area contributed by atoms with Crippen LogP contribution in [0.25, 0.3) is 0 Å². The number of rotatable bonds is 37. The number of halogens is 4. The zero-order valence-electron chi connectivity index (χ0n) is 41.5. The minimum Gasteiger partial charge on any atom is -0.488 e. The van der Waals surface area contributed by atoms with Gasteiger partial charge in [-0.15, -0.1) is 0 Å². The Morgan fingerprint density at radius 2 is 1.39 bits per heavy atom. The van der Waals surface area contributed by atoms with Crippen molar-refractivity contribution in [3.05, 3.63) is 72.7 Å². The van der Waals surface area contributed by atoms with Gasteiger partial charge in [0.1, 0.15) is 23.8 Å². The first-order valence-electron chi connectivity index (χ1n) is 25.0. The van der Waals surface area contributed by atoms with Crippen molar-refractivity contribution in [3.63, 3.8) is 0 Å². The van der Waals surface area contributed by atoms with E-state index >= 15 is 0 Å². The predicted octanol–water partition coefficient (Wildman–Crippen LogP) is 7.40. The van der Waals surface area contributed by atoms with E-state index in [2.05, 4.69) is 48.4 Å². The van der Waals surface area contributed by atoms with Gasteiger partial charge < -0.3 is 55.6 Å². The van der Waals surface area contributed by atoms with Gasteiger partial charge in [0, 0.05) is 117 Å². The Bertz CT molecular complexity index is 2280. The van der Waals surface area contributed by atoms with E-state index in [9.17, 15) is 41.5 Å². The molecule has 2 fully saturated rings. The van der Waals surface area contributed by atoms with Gasteiger partial charge in [0.2, 0.25) is 29.6 Å². The van der Waals surface area contributed by atoms with Crippen LogP contribution in [0.2, 0.25) is 0 Å². The van der Waals surface area contributed by atoms with Gasteiger partial charge >= 0.3 is 6.18 Å². The summed E-state index contributed by atoms with van der Waals surface area (Å²) in [7, 11) is 0. The van der Waals surface area contributed by atoms with Gasteiger partial charge in [-0.2, -0.15) is 29.9 Å². The first-order chi connectivity index (χ1) is 35.8. The number of Topliss-reactive ketones (excluding diaryl/α,β-unsaturated/α-hetero) is 1. The van der Waals surface area contributed by atoms with Crippen LogP contribution < -0.4 is 36.6 Å². The van der Waals surface area contributed by atoms with E-state index < -0.39 is 29.3 Å². The first kappa shape index (κ1) is 59.0. The van der Waals surface area contributed by atoms with Crippen molar-refractivity contribution < 1.29 is 65.2 Å². The topological polar surface area (TPSA) is 229 Å². The van der Waals surface area contributed by atoms with Crippen molar-refractivity contribution in [2.45, 2.75) is 94.5 Å². The summed E-state index contributed by atoms with van der Waals surface area (Å²) in [5.41, 5.74) is -0.504. The Labute approximate surface area is 433 Å². The molecule has 4 amide bonds. The van der Waals surface area contributed by atoms with Crippen molar-refractivity contribution in [2.24, 2.45) is 5.92 Å². The number of ether oxygens (including phenoxy) is 5. The Morgan fingerprint density at radius 1 is 0.757 bits per heavy atom. The molecule has 2 aliphatic rings. The molecule has 23 heteroatoms. The SMILES string of the molecule is C=CC(=O)Nc1cccc(Nc2nc(Nc3ccc(OCCOCCCC(=O)CCCC(=O)NCCCOCCOCCOCCCNC(=O)CCCC[C@@H]4SC[C@@H]5NC(=O)C[C@@H]54)c(F)c3)ncc2C(F)(F)F)c1. The molecule has 2 aromatic carbocycles. The van der Waals surface area contributed by atoms with E-state index in [1.54, 1.807) is 6.07 Å². The maximum atomic E-state index is 14.9. The summed E-state index contributed by atoms with van der Waals surface area (Å²) in [6, 6.07) is 10.1. The molecule has 3 heterocycles. The van der Waals surface area contributed by atoms with E-state index in [4.69, 9.17) is 23.7 Å². The first-order valence-corrected chi connectivity index (χ1v) is 26.0. The predicted molar refractivity (Wildman–Crippen MR) is 272 cm³/mol. The number of hydrogen-bond acceptors (Lipinski definition) is 15. The molecular formula is C51H68F4N8O10S. The summed E-state index contributed by atoms with van der Waals surface area (Å²) < 4.78 is 84.0. The molecule has 0 saturated carbocycles. The fourth-order valence-electron chi connectivity index (χ4n) is 7.92. The molecular weight excluding hydrogens is 993 g/mol. The number of fused-ring (bicyclic) bond motifs is 1. The summed E-state index contributed by atoms with van der Waals surface area (Å²) in [6.07, 6.45) is 3.97. The van der Waals surface area contributed by atoms with Crippen LogP contribution in [0.1, 0.15) is 82.6 Å². The highest BCUT2D eigenvalue weighted by molar-refractivity contribution is 8.00. The molecule has 0 aliphatic carbocycles. The van der Waals surface area contributed by atoms with Gasteiger partial charge in [-0.05, 0) is 74.9 Å². The lowest BCUT2D eigenvalue weighted by Crippen LogP contribution is -2.29. The average Bonchev–Trinajstić information content (AvgIpc) is 3.92. The smallest absolute Gasteiger partial charge is 0.421 e. The van der Waals surface area contributed by atoms with Crippen LogP contribution in [0.15, 0.2) is 61.3 Å². The van der Waals surface area contributed by atoms with Gasteiger partial charge in [-0.3, -0.25) is 24.0 Å². The zero-order chi connectivity index (χ0) is 53.0. The minimum absolute atomic E-state index is 0.0127. The van der Waals surface area contributed by atoms with Gasteiger partial charge in [0.05, 0.1) is 33.0 Å². The maximum absolute atomic E-state index is 14.9. The lowest BCUT2D eigenvalue weighted by Gasteiger charge is -2.15. The maximum Gasteiger partial charge on any atom is 0.421 e. The van der Waals surface area contributed by atoms with Crippen molar-refractivity contribution in [1.82, 2.24) is 25.9 Å². The highest BCUT2D eigenvalue weighted by Gasteiger charge is 2.42. The third-order valence-electron chi connectivity index (χ3n) is 11.7. The molecule has 2 saturated heterocycles. The molecule has 0 spiro atoms. The molecule has 0 radical (unpaired) electrons. The van der Waals surface area contributed by atoms with Gasteiger partial charge in [-0.1, -0.05) is 19.1 Å². The number of alkyl halides is 3. The van der Waals surface area contributed by atoms with Gasteiger partial charge in [0.25, 0.3) is 0 Å². The van der Waals surface area contributed by atoms with E-state index in [0.29, 0.717) is 114 Å². The summed E-state index contributed by atoms with van der Waals surface area (Å²) in [5, 5.41) is 17.2. The third-order valence-corrected chi connectivity index (χ3v) is 13.2. The van der Waals surface area contributed by atoms with Gasteiger partial charge in [-0.25, -0.2) is 9.37 Å². The van der Waals surface area contributed by atoms with Crippen LogP contribution in [0.3, 0.4) is 0 Å². The minimum atomic E-state index is -4.80. The molecule has 2 aliphatic heterocycles. The number of amides is 4. The zero-order valence-corrected chi connectivity index (χ0v) is 42.3. The summed E-state index contributed by atoms with van der Waals surface area (Å²) in [6.45, 7) is 7.55. The number of ketones is 1. The number of carbonyl (C=O) groups excluding carboxylic acids is 5. The number of hydrogen-bond donors (Lipinski definition) is 6. The number of anilines is 5. The number of benzene rings is 2. The Morgan fingerprint density at radius 3 is 2.08 bits per heavy atom. The highest BCUT2D eigenvalue weighted by Crippen LogP contribution is 2.41. The normalized spacial score (nSPS) is 16.0. The number of aromatic nitrogens is 2. The number of carbonyl (C=O) groups is 5. The fourth-order valence-corrected chi connectivity index (χ4v) is 9.57. The van der Waals surface area contributed by atoms with E-state index in [-0.39, 0.29) is 85.7 Å². The Kier molecular flexibility index (Phi) is 25.9. The van der Waals surface area contributed by atoms with Crippen LogP contribution in [0, 0.1) is 11.7 Å².